The van der Waals surface area contributed by atoms with Crippen LogP contribution in [0.1, 0.15) is 24.5 Å². The van der Waals surface area contributed by atoms with Crippen molar-refractivity contribution in [1.29, 1.82) is 0 Å². The first-order valence-electron chi connectivity index (χ1n) is 10.8. The molecule has 0 saturated heterocycles. The second-order valence-electron chi connectivity index (χ2n) is 7.60. The third kappa shape index (κ3) is 4.89. The monoisotopic (exact) mass is 426 g/mol. The van der Waals surface area contributed by atoms with Crippen LogP contribution in [-0.4, -0.2) is 28.0 Å². The summed E-state index contributed by atoms with van der Waals surface area (Å²) in [6, 6.07) is 26.4. The van der Waals surface area contributed by atoms with Crippen LogP contribution in [0.5, 0.6) is 0 Å². The molecule has 0 aliphatic carbocycles. The summed E-state index contributed by atoms with van der Waals surface area (Å²) in [5.74, 6) is -0.827. The Morgan fingerprint density at radius 1 is 0.938 bits per heavy atom. The van der Waals surface area contributed by atoms with E-state index in [0.717, 1.165) is 34.2 Å². The summed E-state index contributed by atoms with van der Waals surface area (Å²) >= 11 is 0. The number of carboxylic acid groups (broad SMARTS) is 1. The second kappa shape index (κ2) is 9.96. The molecule has 0 bridgehead atoms. The number of oxime groups is 1. The standard InChI is InChI=1S/C27H26N2O3/c1-2-25(22-13-11-21(12-14-22)20-7-4-3-5-8-20)28-32-18-17-29-16-15-24-23(19-27(30)31)9-6-10-26(24)29/h3-16H,2,17-19H2,1H3,(H,30,31). The molecule has 1 heterocycles. The van der Waals surface area contributed by atoms with E-state index in [4.69, 9.17) is 9.94 Å². The highest BCUT2D eigenvalue weighted by Crippen LogP contribution is 2.22. The summed E-state index contributed by atoms with van der Waals surface area (Å²) in [5.41, 5.74) is 6.15. The molecular weight excluding hydrogens is 400 g/mol. The maximum Gasteiger partial charge on any atom is 0.307 e. The van der Waals surface area contributed by atoms with Crippen LogP contribution in [0, 0.1) is 0 Å². The summed E-state index contributed by atoms with van der Waals surface area (Å²) < 4.78 is 2.07. The predicted molar refractivity (Wildman–Crippen MR) is 128 cm³/mol. The van der Waals surface area contributed by atoms with Crippen molar-refractivity contribution in [2.45, 2.75) is 26.3 Å². The highest BCUT2D eigenvalue weighted by Gasteiger charge is 2.09. The van der Waals surface area contributed by atoms with E-state index >= 15 is 0 Å². The lowest BCUT2D eigenvalue weighted by Crippen LogP contribution is -2.06. The van der Waals surface area contributed by atoms with E-state index < -0.39 is 5.97 Å². The molecule has 162 valence electrons. The first kappa shape index (κ1) is 21.4. The number of rotatable bonds is 9. The second-order valence-corrected chi connectivity index (χ2v) is 7.60. The van der Waals surface area contributed by atoms with Crippen LogP contribution in [0.3, 0.4) is 0 Å². The topological polar surface area (TPSA) is 63.8 Å². The number of carbonyl (C=O) groups is 1. The highest BCUT2D eigenvalue weighted by atomic mass is 16.6. The normalized spacial score (nSPS) is 11.6. The third-order valence-electron chi connectivity index (χ3n) is 5.50. The summed E-state index contributed by atoms with van der Waals surface area (Å²) in [6.45, 7) is 3.13. The number of benzene rings is 3. The summed E-state index contributed by atoms with van der Waals surface area (Å²) in [4.78, 5) is 16.7. The molecule has 4 rings (SSSR count). The number of nitrogens with zero attached hydrogens (tertiary/aromatic N) is 2. The molecule has 1 aromatic heterocycles. The minimum Gasteiger partial charge on any atom is -0.481 e. The van der Waals surface area contributed by atoms with Crippen molar-refractivity contribution in [3.05, 3.63) is 96.2 Å². The lowest BCUT2D eigenvalue weighted by Gasteiger charge is -2.08. The molecule has 0 spiro atoms. The zero-order valence-corrected chi connectivity index (χ0v) is 18.1. The first-order valence-corrected chi connectivity index (χ1v) is 10.8. The van der Waals surface area contributed by atoms with E-state index in [9.17, 15) is 4.79 Å². The Bertz CT molecular complexity index is 1220. The Balaban J connectivity index is 1.40. The van der Waals surface area contributed by atoms with E-state index in [1.165, 1.54) is 11.1 Å². The lowest BCUT2D eigenvalue weighted by atomic mass is 10.0. The van der Waals surface area contributed by atoms with Gasteiger partial charge >= 0.3 is 5.97 Å². The van der Waals surface area contributed by atoms with Gasteiger partial charge in [-0.15, -0.1) is 0 Å². The molecule has 1 N–H and O–H groups in total. The van der Waals surface area contributed by atoms with Crippen LogP contribution in [0.2, 0.25) is 0 Å². The van der Waals surface area contributed by atoms with Gasteiger partial charge in [0.1, 0.15) is 6.61 Å². The molecule has 0 saturated carbocycles. The van der Waals surface area contributed by atoms with Crippen LogP contribution in [0.25, 0.3) is 22.0 Å². The molecule has 0 radical (unpaired) electrons. The van der Waals surface area contributed by atoms with Gasteiger partial charge in [-0.2, -0.15) is 0 Å². The predicted octanol–water partition coefficient (Wildman–Crippen LogP) is 5.77. The van der Waals surface area contributed by atoms with Crippen molar-refractivity contribution in [2.75, 3.05) is 6.61 Å². The van der Waals surface area contributed by atoms with Gasteiger partial charge in [0.2, 0.25) is 0 Å². The quantitative estimate of drug-likeness (QED) is 0.210. The Hall–Kier alpha value is -3.86. The van der Waals surface area contributed by atoms with E-state index in [0.29, 0.717) is 13.2 Å². The largest absolute Gasteiger partial charge is 0.481 e. The van der Waals surface area contributed by atoms with Gasteiger partial charge in [0.15, 0.2) is 0 Å². The van der Waals surface area contributed by atoms with E-state index in [1.54, 1.807) is 0 Å². The molecule has 5 heteroatoms. The van der Waals surface area contributed by atoms with Crippen molar-refractivity contribution >= 4 is 22.6 Å². The number of carboxylic acids is 1. The average Bonchev–Trinajstić information content (AvgIpc) is 3.24. The van der Waals surface area contributed by atoms with Crippen LogP contribution in [0.4, 0.5) is 0 Å². The fourth-order valence-electron chi connectivity index (χ4n) is 3.87. The average molecular weight is 427 g/mol. The smallest absolute Gasteiger partial charge is 0.307 e. The van der Waals surface area contributed by atoms with Crippen molar-refractivity contribution < 1.29 is 14.7 Å². The van der Waals surface area contributed by atoms with Crippen molar-refractivity contribution in [3.63, 3.8) is 0 Å². The molecular formula is C27H26N2O3. The molecule has 32 heavy (non-hydrogen) atoms. The van der Waals surface area contributed by atoms with Gasteiger partial charge in [-0.1, -0.05) is 78.8 Å². The van der Waals surface area contributed by atoms with Gasteiger partial charge in [0.05, 0.1) is 18.7 Å². The van der Waals surface area contributed by atoms with Crippen molar-refractivity contribution in [2.24, 2.45) is 5.16 Å². The van der Waals surface area contributed by atoms with Gasteiger partial charge in [0.25, 0.3) is 0 Å². The third-order valence-corrected chi connectivity index (χ3v) is 5.50. The van der Waals surface area contributed by atoms with Gasteiger partial charge in [-0.25, -0.2) is 0 Å². The number of fused-ring (bicyclic) bond motifs is 1. The minimum atomic E-state index is -0.827. The molecule has 5 nitrogen and oxygen atoms in total. The zero-order valence-electron chi connectivity index (χ0n) is 18.1. The Labute approximate surface area is 187 Å². The van der Waals surface area contributed by atoms with Crippen LogP contribution in [0.15, 0.2) is 90.2 Å². The maximum absolute atomic E-state index is 11.1. The van der Waals surface area contributed by atoms with Crippen LogP contribution >= 0.6 is 0 Å². The maximum atomic E-state index is 11.1. The van der Waals surface area contributed by atoms with Crippen molar-refractivity contribution in [3.8, 4) is 11.1 Å². The molecule has 0 unspecified atom stereocenters. The highest BCUT2D eigenvalue weighted by molar-refractivity contribution is 6.00. The molecule has 0 fully saturated rings. The SMILES string of the molecule is CCC(=NOCCn1ccc2c(CC(=O)O)cccc21)c1ccc(-c2ccccc2)cc1. The van der Waals surface area contributed by atoms with Crippen molar-refractivity contribution in [1.82, 2.24) is 4.57 Å². The summed E-state index contributed by atoms with van der Waals surface area (Å²) in [6.07, 6.45) is 2.76. The summed E-state index contributed by atoms with van der Waals surface area (Å²) in [5, 5.41) is 14.4. The van der Waals surface area contributed by atoms with Gasteiger partial charge in [-0.05, 0) is 40.8 Å². The Kier molecular flexibility index (Phi) is 6.66. The lowest BCUT2D eigenvalue weighted by molar-refractivity contribution is -0.136. The number of aliphatic carboxylic acids is 1. The Morgan fingerprint density at radius 3 is 2.41 bits per heavy atom. The van der Waals surface area contributed by atoms with Gasteiger partial charge < -0.3 is 14.5 Å². The zero-order chi connectivity index (χ0) is 22.3. The van der Waals surface area contributed by atoms with Gasteiger partial charge in [-0.3, -0.25) is 4.79 Å². The molecule has 0 aliphatic rings. The summed E-state index contributed by atoms with van der Waals surface area (Å²) in [7, 11) is 0. The molecule has 0 aliphatic heterocycles. The molecule has 0 atom stereocenters. The first-order chi connectivity index (χ1) is 15.7. The Morgan fingerprint density at radius 2 is 1.69 bits per heavy atom. The molecule has 4 aromatic rings. The van der Waals surface area contributed by atoms with E-state index in [-0.39, 0.29) is 6.42 Å². The van der Waals surface area contributed by atoms with E-state index in [1.807, 2.05) is 48.7 Å². The minimum absolute atomic E-state index is 0.0189. The van der Waals surface area contributed by atoms with Crippen LogP contribution < -0.4 is 0 Å². The van der Waals surface area contributed by atoms with Crippen LogP contribution in [-0.2, 0) is 22.6 Å². The number of hydrogen-bond acceptors (Lipinski definition) is 3. The van der Waals surface area contributed by atoms with Gasteiger partial charge in [0, 0.05) is 17.1 Å². The number of hydrogen-bond donors (Lipinski definition) is 1. The number of aromatic nitrogens is 1. The molecule has 3 aromatic carbocycles. The van der Waals surface area contributed by atoms with E-state index in [2.05, 4.69) is 53.0 Å². The molecule has 0 amide bonds. The fourth-order valence-corrected chi connectivity index (χ4v) is 3.87. The fraction of sp³-hybridized carbons (Fsp3) is 0.185.